The van der Waals surface area contributed by atoms with Gasteiger partial charge < -0.3 is 10.5 Å². The summed E-state index contributed by atoms with van der Waals surface area (Å²) in [6.45, 7) is 0. The largest absolute Gasteiger partial charge is 0.573 e. The fourth-order valence-corrected chi connectivity index (χ4v) is 2.16. The van der Waals surface area contributed by atoms with E-state index >= 15 is 0 Å². The van der Waals surface area contributed by atoms with Crippen LogP contribution in [0.4, 0.5) is 13.2 Å². The van der Waals surface area contributed by atoms with E-state index < -0.39 is 6.36 Å². The van der Waals surface area contributed by atoms with Gasteiger partial charge in [0.2, 0.25) is 0 Å². The second-order valence-electron chi connectivity index (χ2n) is 4.85. The van der Waals surface area contributed by atoms with Crippen LogP contribution in [0, 0.1) is 0 Å². The van der Waals surface area contributed by atoms with Gasteiger partial charge in [0.05, 0.1) is 0 Å². The Morgan fingerprint density at radius 2 is 1.52 bits per heavy atom. The van der Waals surface area contributed by atoms with Gasteiger partial charge in [-0.25, -0.2) is 0 Å². The highest BCUT2D eigenvalue weighted by molar-refractivity contribution is 5.29. The van der Waals surface area contributed by atoms with Crippen LogP contribution in [0.5, 0.6) is 5.75 Å². The lowest BCUT2D eigenvalue weighted by molar-refractivity contribution is -0.274. The van der Waals surface area contributed by atoms with E-state index in [-0.39, 0.29) is 11.8 Å². The van der Waals surface area contributed by atoms with Crippen LogP contribution in [-0.4, -0.2) is 12.4 Å². The molecule has 5 heteroatoms. The first-order valence-corrected chi connectivity index (χ1v) is 6.56. The lowest BCUT2D eigenvalue weighted by Gasteiger charge is -2.13. The van der Waals surface area contributed by atoms with Gasteiger partial charge in [-0.05, 0) is 36.1 Å². The fraction of sp³-hybridized carbons (Fsp3) is 0.250. The molecular weight excluding hydrogens is 279 g/mol. The predicted molar refractivity (Wildman–Crippen MR) is 75.0 cm³/mol. The van der Waals surface area contributed by atoms with Crippen LogP contribution in [0.1, 0.15) is 11.1 Å². The zero-order valence-electron chi connectivity index (χ0n) is 11.3. The molecule has 0 fully saturated rings. The number of hydrogen-bond acceptors (Lipinski definition) is 2. The molecule has 0 spiro atoms. The number of hydrogen-bond donors (Lipinski definition) is 1. The molecule has 0 saturated heterocycles. The summed E-state index contributed by atoms with van der Waals surface area (Å²) < 4.78 is 40.4. The number of halogens is 3. The SMILES string of the molecule is NC(Cc1ccccc1)Cc1cccc(OC(F)(F)F)c1. The molecule has 0 bridgehead atoms. The average Bonchev–Trinajstić information content (AvgIpc) is 2.38. The molecule has 2 aromatic rings. The third kappa shape index (κ3) is 5.47. The molecule has 21 heavy (non-hydrogen) atoms. The van der Waals surface area contributed by atoms with Gasteiger partial charge in [-0.2, -0.15) is 0 Å². The van der Waals surface area contributed by atoms with Crippen LogP contribution in [-0.2, 0) is 12.8 Å². The van der Waals surface area contributed by atoms with Gasteiger partial charge in [0, 0.05) is 6.04 Å². The second kappa shape index (κ2) is 6.63. The Bertz CT molecular complexity index is 569. The van der Waals surface area contributed by atoms with Gasteiger partial charge in [-0.3, -0.25) is 0 Å². The smallest absolute Gasteiger partial charge is 0.406 e. The van der Waals surface area contributed by atoms with Gasteiger partial charge in [0.1, 0.15) is 5.75 Å². The van der Waals surface area contributed by atoms with Gasteiger partial charge in [-0.15, -0.1) is 13.2 Å². The summed E-state index contributed by atoms with van der Waals surface area (Å²) in [5.74, 6) is -0.216. The minimum atomic E-state index is -4.68. The number of benzene rings is 2. The van der Waals surface area contributed by atoms with Crippen molar-refractivity contribution in [1.29, 1.82) is 0 Å². The number of alkyl halides is 3. The lowest BCUT2D eigenvalue weighted by atomic mass is 10.00. The van der Waals surface area contributed by atoms with Crippen molar-refractivity contribution in [2.45, 2.75) is 25.2 Å². The van der Waals surface area contributed by atoms with Crippen LogP contribution in [0.25, 0.3) is 0 Å². The minimum Gasteiger partial charge on any atom is -0.406 e. The van der Waals surface area contributed by atoms with Crippen LogP contribution in [0.3, 0.4) is 0 Å². The third-order valence-electron chi connectivity index (χ3n) is 2.97. The van der Waals surface area contributed by atoms with E-state index in [1.807, 2.05) is 30.3 Å². The average molecular weight is 295 g/mol. The maximum Gasteiger partial charge on any atom is 0.573 e. The van der Waals surface area contributed by atoms with Gasteiger partial charge in [-0.1, -0.05) is 42.5 Å². The molecule has 0 radical (unpaired) electrons. The normalized spacial score (nSPS) is 13.0. The molecule has 0 saturated carbocycles. The van der Waals surface area contributed by atoms with Crippen molar-refractivity contribution in [2.75, 3.05) is 0 Å². The second-order valence-corrected chi connectivity index (χ2v) is 4.85. The van der Waals surface area contributed by atoms with Gasteiger partial charge in [0.25, 0.3) is 0 Å². The van der Waals surface area contributed by atoms with Crippen molar-refractivity contribution < 1.29 is 17.9 Å². The van der Waals surface area contributed by atoms with E-state index in [1.54, 1.807) is 6.07 Å². The standard InChI is InChI=1S/C16H16F3NO/c17-16(18,19)21-15-8-4-7-13(11-15)10-14(20)9-12-5-2-1-3-6-12/h1-8,11,14H,9-10,20H2. The third-order valence-corrected chi connectivity index (χ3v) is 2.97. The Hall–Kier alpha value is -2.01. The molecular formula is C16H16F3NO. The van der Waals surface area contributed by atoms with Gasteiger partial charge in [0.15, 0.2) is 0 Å². The molecule has 112 valence electrons. The van der Waals surface area contributed by atoms with Crippen molar-refractivity contribution in [1.82, 2.24) is 0 Å². The van der Waals surface area contributed by atoms with Crippen LogP contribution in [0.15, 0.2) is 54.6 Å². The summed E-state index contributed by atoms with van der Waals surface area (Å²) in [6, 6.07) is 15.5. The Morgan fingerprint density at radius 1 is 0.905 bits per heavy atom. The first-order valence-electron chi connectivity index (χ1n) is 6.56. The summed E-state index contributed by atoms with van der Waals surface area (Å²) in [6.07, 6.45) is -3.51. The molecule has 2 aromatic carbocycles. The molecule has 0 amide bonds. The van der Waals surface area contributed by atoms with Gasteiger partial charge >= 0.3 is 6.36 Å². The summed E-state index contributed by atoms with van der Waals surface area (Å²) in [7, 11) is 0. The van der Waals surface area contributed by atoms with Crippen molar-refractivity contribution in [3.63, 3.8) is 0 Å². The van der Waals surface area contributed by atoms with Crippen molar-refractivity contribution >= 4 is 0 Å². The Morgan fingerprint density at radius 3 is 2.19 bits per heavy atom. The van der Waals surface area contributed by atoms with E-state index in [0.717, 1.165) is 11.1 Å². The van der Waals surface area contributed by atoms with E-state index in [0.29, 0.717) is 12.8 Å². The zero-order valence-corrected chi connectivity index (χ0v) is 11.3. The lowest BCUT2D eigenvalue weighted by Crippen LogP contribution is -2.25. The molecule has 0 heterocycles. The van der Waals surface area contributed by atoms with E-state index in [2.05, 4.69) is 4.74 Å². The van der Waals surface area contributed by atoms with Crippen LogP contribution < -0.4 is 10.5 Å². The van der Waals surface area contributed by atoms with E-state index in [4.69, 9.17) is 5.73 Å². The molecule has 2 N–H and O–H groups in total. The quantitative estimate of drug-likeness (QED) is 0.913. The van der Waals surface area contributed by atoms with Crippen molar-refractivity contribution in [3.8, 4) is 5.75 Å². The van der Waals surface area contributed by atoms with Crippen LogP contribution in [0.2, 0.25) is 0 Å². The maximum absolute atomic E-state index is 12.2. The first-order chi connectivity index (χ1) is 9.92. The molecule has 2 nitrogen and oxygen atoms in total. The Labute approximate surface area is 121 Å². The summed E-state index contributed by atoms with van der Waals surface area (Å²) in [5.41, 5.74) is 7.88. The highest BCUT2D eigenvalue weighted by atomic mass is 19.4. The monoisotopic (exact) mass is 295 g/mol. The highest BCUT2D eigenvalue weighted by Crippen LogP contribution is 2.23. The molecule has 1 atom stereocenters. The fourth-order valence-electron chi connectivity index (χ4n) is 2.16. The highest BCUT2D eigenvalue weighted by Gasteiger charge is 2.31. The minimum absolute atomic E-state index is 0.159. The number of ether oxygens (including phenoxy) is 1. The molecule has 2 rings (SSSR count). The van der Waals surface area contributed by atoms with Crippen LogP contribution >= 0.6 is 0 Å². The molecule has 0 aliphatic heterocycles. The number of nitrogens with two attached hydrogens (primary N) is 1. The molecule has 1 unspecified atom stereocenters. The predicted octanol–water partition coefficient (Wildman–Crippen LogP) is 3.70. The maximum atomic E-state index is 12.2. The molecule has 0 aliphatic carbocycles. The zero-order chi connectivity index (χ0) is 15.3. The number of rotatable bonds is 5. The Balaban J connectivity index is 1.97. The van der Waals surface area contributed by atoms with Crippen molar-refractivity contribution in [2.24, 2.45) is 5.73 Å². The first kappa shape index (κ1) is 15.4. The van der Waals surface area contributed by atoms with E-state index in [1.165, 1.54) is 18.2 Å². The van der Waals surface area contributed by atoms with Crippen molar-refractivity contribution in [3.05, 3.63) is 65.7 Å². The topological polar surface area (TPSA) is 35.2 Å². The summed E-state index contributed by atoms with van der Waals surface area (Å²) >= 11 is 0. The summed E-state index contributed by atoms with van der Waals surface area (Å²) in [4.78, 5) is 0. The molecule has 0 aromatic heterocycles. The molecule has 0 aliphatic rings. The Kier molecular flexibility index (Phi) is 4.85. The summed E-state index contributed by atoms with van der Waals surface area (Å²) in [5, 5.41) is 0. The van der Waals surface area contributed by atoms with E-state index in [9.17, 15) is 13.2 Å².